The predicted molar refractivity (Wildman–Crippen MR) is 208 cm³/mol. The second-order valence-electron chi connectivity index (χ2n) is 16.1. The number of hydrogen-bond donors (Lipinski definition) is 2. The molecule has 14 heteroatoms. The van der Waals surface area contributed by atoms with E-state index in [9.17, 15) is 19.5 Å². The highest BCUT2D eigenvalue weighted by Crippen LogP contribution is 2.62. The molecule has 4 aliphatic rings. The average Bonchev–Trinajstić information content (AvgIpc) is 3.91. The van der Waals surface area contributed by atoms with Crippen LogP contribution in [-0.2, 0) is 44.8 Å². The number of carbonyl (C=O) groups excluding carboxylic acids is 2. The molecule has 2 fully saturated rings. The Morgan fingerprint density at radius 1 is 0.926 bits per heavy atom. The highest BCUT2D eigenvalue weighted by molar-refractivity contribution is 6.39. The number of carboxylic acid groups (broad SMARTS) is 1. The zero-order valence-electron chi connectivity index (χ0n) is 31.2. The van der Waals surface area contributed by atoms with Gasteiger partial charge in [-0.2, -0.15) is 0 Å². The Balaban J connectivity index is 0.965. The Bertz CT molecular complexity index is 2170. The summed E-state index contributed by atoms with van der Waals surface area (Å²) in [6.45, 7) is 8.25. The Kier molecular flexibility index (Phi) is 9.39. The predicted octanol–water partition coefficient (Wildman–Crippen LogP) is 6.69. The number of rotatable bonds is 9. The van der Waals surface area contributed by atoms with Crippen LogP contribution in [0.15, 0.2) is 42.5 Å². The normalized spacial score (nSPS) is 22.4. The number of imidazole rings is 2. The third-order valence-electron chi connectivity index (χ3n) is 12.5. The van der Waals surface area contributed by atoms with E-state index in [-0.39, 0.29) is 17.1 Å². The highest BCUT2D eigenvalue weighted by atomic mass is 35.5. The lowest BCUT2D eigenvalue weighted by atomic mass is 9.81. The number of benzene rings is 2. The van der Waals surface area contributed by atoms with Gasteiger partial charge in [0.2, 0.25) is 5.82 Å². The van der Waals surface area contributed by atoms with Crippen LogP contribution in [0, 0.1) is 10.8 Å². The molecule has 284 valence electrons. The molecular formula is C40H46Cl2N8O4. The maximum atomic E-state index is 13.9. The Hall–Kier alpha value is -4.23. The molecule has 4 heterocycles. The quantitative estimate of drug-likeness (QED) is 0.180. The molecule has 0 unspecified atom stereocenters. The number of halogens is 2. The summed E-state index contributed by atoms with van der Waals surface area (Å²) in [5.74, 6) is -0.850. The van der Waals surface area contributed by atoms with Gasteiger partial charge < -0.3 is 19.6 Å². The number of anilines is 2. The molecule has 2 aliphatic carbocycles. The van der Waals surface area contributed by atoms with Crippen LogP contribution < -0.4 is 9.74 Å². The van der Waals surface area contributed by atoms with Gasteiger partial charge in [0.15, 0.2) is 5.82 Å². The van der Waals surface area contributed by atoms with E-state index in [1.165, 1.54) is 0 Å². The minimum Gasteiger partial charge on any atom is -0.481 e. The van der Waals surface area contributed by atoms with Crippen molar-refractivity contribution in [3.05, 3.63) is 81.9 Å². The van der Waals surface area contributed by atoms with Gasteiger partial charge in [-0.05, 0) is 75.1 Å². The van der Waals surface area contributed by atoms with E-state index in [1.807, 2.05) is 41.4 Å². The van der Waals surface area contributed by atoms with Gasteiger partial charge in [-0.1, -0.05) is 35.9 Å². The monoisotopic (exact) mass is 772 g/mol. The number of aliphatic carboxylic acids is 1. The molecule has 2 bridgehead atoms. The Morgan fingerprint density at radius 3 is 2.30 bits per heavy atom. The van der Waals surface area contributed by atoms with Crippen molar-refractivity contribution < 1.29 is 19.5 Å². The molecule has 4 aromatic rings. The summed E-state index contributed by atoms with van der Waals surface area (Å²) >= 11 is 13.7. The summed E-state index contributed by atoms with van der Waals surface area (Å²) in [6.07, 6.45) is 5.74. The number of nitrogens with zero attached hydrogens (tertiary/aromatic N) is 7. The average molecular weight is 774 g/mol. The molecule has 2 aromatic carbocycles. The van der Waals surface area contributed by atoms with E-state index in [2.05, 4.69) is 29.0 Å². The highest BCUT2D eigenvalue weighted by Gasteiger charge is 2.58. The van der Waals surface area contributed by atoms with Gasteiger partial charge in [0.05, 0.1) is 33.2 Å². The van der Waals surface area contributed by atoms with Crippen molar-refractivity contribution in [2.24, 2.45) is 24.9 Å². The van der Waals surface area contributed by atoms with Gasteiger partial charge in [0.1, 0.15) is 0 Å². The number of nitrogens with one attached hydrogen (secondary N) is 1. The summed E-state index contributed by atoms with van der Waals surface area (Å²) < 4.78 is 4.80. The minimum atomic E-state index is -0.648. The second kappa shape index (κ2) is 13.8. The van der Waals surface area contributed by atoms with Crippen molar-refractivity contribution in [1.29, 1.82) is 0 Å². The zero-order chi connectivity index (χ0) is 38.1. The summed E-state index contributed by atoms with van der Waals surface area (Å²) in [4.78, 5) is 53.6. The maximum Gasteiger partial charge on any atom is 0.309 e. The van der Waals surface area contributed by atoms with Crippen LogP contribution in [0.1, 0.15) is 90.0 Å². The van der Waals surface area contributed by atoms with E-state index in [1.54, 1.807) is 24.3 Å². The van der Waals surface area contributed by atoms with Crippen LogP contribution in [-0.4, -0.2) is 77.5 Å². The van der Waals surface area contributed by atoms with Crippen molar-refractivity contribution in [2.75, 3.05) is 29.4 Å². The number of hydrogen-bond acceptors (Lipinski definition) is 7. The summed E-state index contributed by atoms with van der Waals surface area (Å²) in [5.41, 5.74) is 5.64. The van der Waals surface area contributed by atoms with Crippen molar-refractivity contribution in [3.8, 4) is 11.1 Å². The molecule has 0 radical (unpaired) electrons. The molecule has 0 spiro atoms. The van der Waals surface area contributed by atoms with E-state index in [4.69, 9.17) is 33.3 Å². The van der Waals surface area contributed by atoms with Crippen LogP contribution in [0.25, 0.3) is 11.1 Å². The standard InChI is InChI=1S/C40H46Cl2N8O4/c1-24(2)49-18-12-32-30(21-49)43-34(46(32)3)36(51)45-28-10-6-9-27(33(28)41)25-7-5-8-26(19-25)50(42)37(52)35-44-29-20-48(17-11-31(29)47(35)4)23-39-13-15-40(22-39,16-14-39)38(53)54/h5-10,19,24H,11-18,20-23H2,1-4H3,(H,45,51)(H,53,54). The van der Waals surface area contributed by atoms with Gasteiger partial charge in [-0.15, -0.1) is 0 Å². The first kappa shape index (κ1) is 36.7. The minimum absolute atomic E-state index is 0.0455. The van der Waals surface area contributed by atoms with Crippen molar-refractivity contribution >= 4 is 52.5 Å². The van der Waals surface area contributed by atoms with Crippen molar-refractivity contribution in [2.45, 2.75) is 77.9 Å². The fourth-order valence-electron chi connectivity index (χ4n) is 9.44. The number of carbonyl (C=O) groups is 3. The molecule has 54 heavy (non-hydrogen) atoms. The topological polar surface area (TPSA) is 129 Å². The summed E-state index contributed by atoms with van der Waals surface area (Å²) in [7, 11) is 3.73. The number of carboxylic acids is 1. The molecule has 2 N–H and O–H groups in total. The largest absolute Gasteiger partial charge is 0.481 e. The third kappa shape index (κ3) is 6.30. The molecule has 2 amide bonds. The van der Waals surface area contributed by atoms with Gasteiger partial charge >= 0.3 is 11.9 Å². The molecule has 2 aliphatic heterocycles. The Morgan fingerprint density at radius 2 is 1.59 bits per heavy atom. The van der Waals surface area contributed by atoms with Gasteiger partial charge in [0, 0.05) is 94.4 Å². The molecule has 0 atom stereocenters. The van der Waals surface area contributed by atoms with Crippen LogP contribution in [0.5, 0.6) is 0 Å². The first-order valence-electron chi connectivity index (χ1n) is 18.8. The number of amides is 2. The van der Waals surface area contributed by atoms with Crippen LogP contribution >= 0.6 is 23.4 Å². The third-order valence-corrected chi connectivity index (χ3v) is 13.3. The molecule has 2 aromatic heterocycles. The molecule has 8 rings (SSSR count). The van der Waals surface area contributed by atoms with Crippen molar-refractivity contribution in [1.82, 2.24) is 28.9 Å². The first-order valence-corrected chi connectivity index (χ1v) is 19.5. The summed E-state index contributed by atoms with van der Waals surface area (Å²) in [5, 5.41) is 13.2. The van der Waals surface area contributed by atoms with E-state index >= 15 is 0 Å². The zero-order valence-corrected chi connectivity index (χ0v) is 32.7. The lowest BCUT2D eigenvalue weighted by Gasteiger charge is -2.35. The smallest absolute Gasteiger partial charge is 0.309 e. The van der Waals surface area contributed by atoms with E-state index < -0.39 is 17.3 Å². The lowest BCUT2D eigenvalue weighted by Crippen LogP contribution is -2.39. The van der Waals surface area contributed by atoms with Crippen molar-refractivity contribution in [3.63, 3.8) is 0 Å². The van der Waals surface area contributed by atoms with E-state index in [0.717, 1.165) is 91.8 Å². The SMILES string of the molecule is CC(C)N1CCc2c(nc(C(=O)Nc3cccc(-c4cccc(N(Cl)C(=O)c5nc6c(n5C)CCN(CC57CCC(C(=O)O)(CC5)C7)C6)c4)c3Cl)n2C)C1. The van der Waals surface area contributed by atoms with Crippen LogP contribution in [0.3, 0.4) is 0 Å². The van der Waals surface area contributed by atoms with Crippen LogP contribution in [0.4, 0.5) is 11.4 Å². The molecular weight excluding hydrogens is 727 g/mol. The van der Waals surface area contributed by atoms with Gasteiger partial charge in [0.25, 0.3) is 5.91 Å². The Labute approximate surface area is 325 Å². The lowest BCUT2D eigenvalue weighted by molar-refractivity contribution is -0.148. The maximum absolute atomic E-state index is 13.9. The van der Waals surface area contributed by atoms with Crippen LogP contribution in [0.2, 0.25) is 5.02 Å². The molecule has 2 saturated carbocycles. The molecule has 0 saturated heterocycles. The number of aromatic nitrogens is 4. The van der Waals surface area contributed by atoms with Gasteiger partial charge in [-0.25, -0.2) is 14.4 Å². The fourth-order valence-corrected chi connectivity index (χ4v) is 9.90. The number of fused-ring (bicyclic) bond motifs is 4. The van der Waals surface area contributed by atoms with Gasteiger partial charge in [-0.3, -0.25) is 24.2 Å². The second-order valence-corrected chi connectivity index (χ2v) is 16.8. The van der Waals surface area contributed by atoms with E-state index in [0.29, 0.717) is 52.5 Å². The fraction of sp³-hybridized carbons (Fsp3) is 0.475. The summed E-state index contributed by atoms with van der Waals surface area (Å²) in [6, 6.07) is 13.0. The first-order chi connectivity index (χ1) is 25.8. The molecule has 12 nitrogen and oxygen atoms in total.